The molecule has 0 aromatic carbocycles. The topological polar surface area (TPSA) is 86.8 Å². The van der Waals surface area contributed by atoms with Crippen molar-refractivity contribution >= 4 is 20.0 Å². The molecule has 0 aromatic heterocycles. The highest BCUT2D eigenvalue weighted by atomic mass is 32.3. The zero-order valence-corrected chi connectivity index (χ0v) is 20.4. The van der Waals surface area contributed by atoms with Crippen LogP contribution in [0.1, 0.15) is 71.1 Å². The molecule has 15 heteroatoms. The van der Waals surface area contributed by atoms with Crippen molar-refractivity contribution in [3.05, 3.63) is 12.4 Å². The summed E-state index contributed by atoms with van der Waals surface area (Å²) in [7, 11) is -11.1. The van der Waals surface area contributed by atoms with Crippen molar-refractivity contribution in [2.24, 2.45) is 0 Å². The van der Waals surface area contributed by atoms with Crippen LogP contribution in [0.15, 0.2) is 12.4 Å². The third-order valence-corrected chi connectivity index (χ3v) is 7.54. The van der Waals surface area contributed by atoms with Gasteiger partial charge in [-0.25, -0.2) is 16.8 Å². The van der Waals surface area contributed by atoms with E-state index in [1.807, 2.05) is 0 Å². The van der Waals surface area contributed by atoms with Gasteiger partial charge in [-0.15, -0.1) is 0 Å². The van der Waals surface area contributed by atoms with Crippen molar-refractivity contribution in [2.45, 2.75) is 82.1 Å². The normalized spacial score (nSPS) is 15.0. The molecule has 0 fully saturated rings. The Morgan fingerprint density at radius 2 is 1.12 bits per heavy atom. The third kappa shape index (κ3) is 13.3. The molecule has 7 nitrogen and oxygen atoms in total. The minimum Gasteiger partial charge on any atom is -0.362 e. The van der Waals surface area contributed by atoms with Crippen LogP contribution in [0.25, 0.3) is 0 Å². The molecular weight excluding hydrogens is 500 g/mol. The molecule has 0 amide bonds. The molecule has 1 rings (SSSR count). The smallest absolute Gasteiger partial charge is 0.362 e. The highest BCUT2D eigenvalue weighted by Gasteiger charge is 2.55. The molecule has 0 radical (unpaired) electrons. The fraction of sp³-hybridized carbons (Fsp3) is 0.889. The lowest BCUT2D eigenvalue weighted by Crippen LogP contribution is -2.45. The van der Waals surface area contributed by atoms with Crippen LogP contribution in [-0.2, 0) is 20.0 Å². The van der Waals surface area contributed by atoms with Gasteiger partial charge in [0.1, 0.15) is 0 Å². The molecule has 0 saturated heterocycles. The molecule has 0 aliphatic carbocycles. The van der Waals surface area contributed by atoms with Crippen LogP contribution in [-0.4, -0.2) is 57.9 Å². The van der Waals surface area contributed by atoms with E-state index in [2.05, 4.69) is 36.2 Å². The maximum absolute atomic E-state index is 11.5. The number of hydrogen-bond donors (Lipinski definition) is 1. The number of unbranched alkanes of at least 4 members (excludes halogenated alkanes) is 9. The van der Waals surface area contributed by atoms with Crippen LogP contribution in [0.3, 0.4) is 0 Å². The maximum Gasteiger partial charge on any atom is 0.512 e. The van der Waals surface area contributed by atoms with Gasteiger partial charge in [0, 0.05) is 26.0 Å². The zero-order chi connectivity index (χ0) is 25.8. The van der Waals surface area contributed by atoms with Crippen molar-refractivity contribution in [3.8, 4) is 0 Å². The van der Waals surface area contributed by atoms with Gasteiger partial charge in [-0.2, -0.15) is 26.3 Å². The first-order valence-electron chi connectivity index (χ1n) is 10.6. The Labute approximate surface area is 192 Å². The molecule has 0 bridgehead atoms. The summed E-state index contributed by atoms with van der Waals surface area (Å²) in [5.74, 6) is 0. The van der Waals surface area contributed by atoms with Crippen molar-refractivity contribution in [3.63, 3.8) is 0 Å². The molecule has 0 atom stereocenters. The Balaban J connectivity index is 0.000000633. The van der Waals surface area contributed by atoms with Crippen molar-refractivity contribution in [1.82, 2.24) is 13.9 Å². The summed E-state index contributed by atoms with van der Waals surface area (Å²) < 4.78 is 108. The van der Waals surface area contributed by atoms with E-state index in [1.54, 1.807) is 0 Å². The third-order valence-electron chi connectivity index (χ3n) is 4.56. The van der Waals surface area contributed by atoms with Crippen molar-refractivity contribution in [1.29, 1.82) is 0 Å². The van der Waals surface area contributed by atoms with Crippen LogP contribution >= 0.6 is 0 Å². The Morgan fingerprint density at radius 1 is 0.727 bits per heavy atom. The lowest BCUT2D eigenvalue weighted by Gasteiger charge is -2.17. The van der Waals surface area contributed by atoms with Crippen LogP contribution in [0.5, 0.6) is 0 Å². The predicted molar refractivity (Wildman–Crippen MR) is 113 cm³/mol. The van der Waals surface area contributed by atoms with Crippen LogP contribution < -0.4 is 4.13 Å². The summed E-state index contributed by atoms with van der Waals surface area (Å²) in [6.45, 7) is 4.60. The molecule has 1 aliphatic rings. The van der Waals surface area contributed by atoms with Crippen molar-refractivity contribution < 1.29 is 43.2 Å². The maximum atomic E-state index is 11.5. The standard InChI is InChI=1S/C16H32N2.C2HF6NO4S2/c1-3-4-5-6-7-8-9-10-11-12-13-18-15-14-17(2)16-18;3-1(4,5)14(10,11)9-15(12,13)2(6,7)8/h14-15H,3-13,16H2,1-2H3;9H. The number of halogens is 6. The summed E-state index contributed by atoms with van der Waals surface area (Å²) in [6.07, 6.45) is 18.6. The number of rotatable bonds is 13. The molecule has 1 heterocycles. The molecule has 198 valence electrons. The minimum absolute atomic E-state index is 0.493. The van der Waals surface area contributed by atoms with Gasteiger partial charge in [0.15, 0.2) is 0 Å². The van der Waals surface area contributed by atoms with Crippen LogP contribution in [0.2, 0.25) is 0 Å². The predicted octanol–water partition coefficient (Wildman–Crippen LogP) is 4.86. The van der Waals surface area contributed by atoms with E-state index in [-0.39, 0.29) is 0 Å². The molecule has 1 aliphatic heterocycles. The van der Waals surface area contributed by atoms with E-state index in [0.717, 1.165) is 6.67 Å². The summed E-state index contributed by atoms with van der Waals surface area (Å²) in [5, 5.41) is 0. The summed E-state index contributed by atoms with van der Waals surface area (Å²) in [4.78, 5) is 4.64. The average molecular weight is 534 g/mol. The highest BCUT2D eigenvalue weighted by Crippen LogP contribution is 2.27. The second kappa shape index (κ2) is 14.2. The van der Waals surface area contributed by atoms with Gasteiger partial charge >= 0.3 is 31.1 Å². The first-order chi connectivity index (χ1) is 15.0. The van der Waals surface area contributed by atoms with E-state index in [4.69, 9.17) is 0 Å². The molecule has 0 saturated carbocycles. The summed E-state index contributed by atoms with van der Waals surface area (Å²) >= 11 is 0. The molecule has 0 aromatic rings. The van der Waals surface area contributed by atoms with E-state index in [9.17, 15) is 43.2 Å². The first kappa shape index (κ1) is 31.8. The number of nitrogens with one attached hydrogen (secondary N) is 1. The number of hydrogen-bond acceptors (Lipinski definition) is 6. The Hall–Kier alpha value is -1.22. The van der Waals surface area contributed by atoms with Gasteiger partial charge in [0.2, 0.25) is 0 Å². The lowest BCUT2D eigenvalue weighted by atomic mass is 10.1. The second-order valence-electron chi connectivity index (χ2n) is 7.67. The highest BCUT2D eigenvalue weighted by molar-refractivity contribution is 8.05. The van der Waals surface area contributed by atoms with Crippen LogP contribution in [0.4, 0.5) is 26.3 Å². The van der Waals surface area contributed by atoms with Gasteiger partial charge in [0.05, 0.1) is 6.67 Å². The van der Waals surface area contributed by atoms with Crippen LogP contribution in [0, 0.1) is 0 Å². The molecule has 1 N–H and O–H groups in total. The fourth-order valence-corrected chi connectivity index (χ4v) is 4.69. The van der Waals surface area contributed by atoms with E-state index < -0.39 is 35.2 Å². The Morgan fingerprint density at radius 3 is 1.45 bits per heavy atom. The van der Waals surface area contributed by atoms with Gasteiger partial charge in [-0.1, -0.05) is 68.8 Å². The second-order valence-corrected chi connectivity index (χ2v) is 11.3. The molecular formula is C18H33F6N3O4S2. The van der Waals surface area contributed by atoms with Crippen molar-refractivity contribution in [2.75, 3.05) is 20.3 Å². The first-order valence-corrected chi connectivity index (χ1v) is 13.5. The quantitative estimate of drug-likeness (QED) is 0.269. The number of sulfonamides is 2. The zero-order valence-electron chi connectivity index (χ0n) is 18.8. The van der Waals surface area contributed by atoms with Gasteiger partial charge in [-0.3, -0.25) is 0 Å². The summed E-state index contributed by atoms with van der Waals surface area (Å²) in [6, 6.07) is 0. The Bertz CT molecular complexity index is 742. The molecule has 0 spiro atoms. The number of nitrogens with zero attached hydrogens (tertiary/aromatic N) is 2. The largest absolute Gasteiger partial charge is 0.512 e. The SMILES string of the molecule is CCCCCCCCCCCCN1C=CN(C)C1.O=S(=O)(NS(=O)(=O)C(F)(F)F)C(F)(F)F. The fourth-order valence-electron chi connectivity index (χ4n) is 2.78. The molecule has 33 heavy (non-hydrogen) atoms. The summed E-state index contributed by atoms with van der Waals surface area (Å²) in [5.41, 5.74) is -12.3. The minimum atomic E-state index is -6.60. The van der Waals surface area contributed by atoms with E-state index >= 15 is 0 Å². The van der Waals surface area contributed by atoms with Gasteiger partial charge < -0.3 is 9.80 Å². The van der Waals surface area contributed by atoms with Gasteiger partial charge in [-0.05, 0) is 6.42 Å². The number of alkyl halides is 6. The van der Waals surface area contributed by atoms with E-state index in [0.29, 0.717) is 0 Å². The monoisotopic (exact) mass is 533 g/mol. The van der Waals surface area contributed by atoms with Gasteiger partial charge in [0.25, 0.3) is 0 Å². The van der Waals surface area contributed by atoms with E-state index in [1.165, 1.54) is 70.8 Å². The average Bonchev–Trinajstić information content (AvgIpc) is 3.06. The Kier molecular flexibility index (Phi) is 13.7. The lowest BCUT2D eigenvalue weighted by molar-refractivity contribution is -0.0476. The molecule has 0 unspecified atom stereocenters.